The first-order valence-electron chi connectivity index (χ1n) is 9.01. The Morgan fingerprint density at radius 1 is 1.00 bits per heavy atom. The number of benzene rings is 3. The monoisotopic (exact) mass is 563 g/mol. The SMILES string of the molecule is O=C(O)C(=Cc1cc(Br)c(OCc2cccc(Cl)c2)c(Br)c1)NC(=O)c1ccccc1. The Morgan fingerprint density at radius 3 is 2.29 bits per heavy atom. The highest BCUT2D eigenvalue weighted by molar-refractivity contribution is 9.11. The van der Waals surface area contributed by atoms with Crippen LogP contribution >= 0.6 is 43.5 Å². The summed E-state index contributed by atoms with van der Waals surface area (Å²) in [7, 11) is 0. The minimum Gasteiger partial charge on any atom is -0.487 e. The van der Waals surface area contributed by atoms with Gasteiger partial charge in [-0.05, 0) is 85.5 Å². The van der Waals surface area contributed by atoms with Gasteiger partial charge in [-0.2, -0.15) is 0 Å². The molecular formula is C23H16Br2ClNO4. The lowest BCUT2D eigenvalue weighted by Gasteiger charge is -2.12. The molecule has 0 heterocycles. The summed E-state index contributed by atoms with van der Waals surface area (Å²) in [6, 6.07) is 19.1. The topological polar surface area (TPSA) is 75.6 Å². The standard InChI is InChI=1S/C23H16Br2ClNO4/c24-18-10-15(11-19(25)21(18)31-13-14-5-4-8-17(26)9-14)12-20(23(29)30)27-22(28)16-6-2-1-3-7-16/h1-12H,13H2,(H,27,28)(H,29,30). The zero-order chi connectivity index (χ0) is 22.4. The van der Waals surface area contributed by atoms with Crippen LogP contribution in [0.25, 0.3) is 6.08 Å². The van der Waals surface area contributed by atoms with E-state index in [9.17, 15) is 14.7 Å². The Morgan fingerprint density at radius 2 is 1.68 bits per heavy atom. The molecule has 1 amide bonds. The lowest BCUT2D eigenvalue weighted by atomic mass is 10.1. The fourth-order valence-corrected chi connectivity index (χ4v) is 4.35. The van der Waals surface area contributed by atoms with Gasteiger partial charge >= 0.3 is 5.97 Å². The molecule has 158 valence electrons. The number of ether oxygens (including phenoxy) is 1. The quantitative estimate of drug-likeness (QED) is 0.330. The Labute approximate surface area is 200 Å². The van der Waals surface area contributed by atoms with Gasteiger partial charge < -0.3 is 15.2 Å². The van der Waals surface area contributed by atoms with Crippen LogP contribution in [0.5, 0.6) is 5.75 Å². The van der Waals surface area contributed by atoms with E-state index < -0.39 is 11.9 Å². The van der Waals surface area contributed by atoms with E-state index in [1.807, 2.05) is 18.2 Å². The van der Waals surface area contributed by atoms with Gasteiger partial charge in [0.05, 0.1) is 8.95 Å². The molecule has 31 heavy (non-hydrogen) atoms. The third-order valence-corrected chi connectivity index (χ3v) is 5.53. The average molecular weight is 566 g/mol. The highest BCUT2D eigenvalue weighted by atomic mass is 79.9. The van der Waals surface area contributed by atoms with Crippen molar-refractivity contribution in [1.29, 1.82) is 0 Å². The number of carbonyl (C=O) groups excluding carboxylic acids is 1. The first-order chi connectivity index (χ1) is 14.8. The Hall–Kier alpha value is -2.61. The van der Waals surface area contributed by atoms with Gasteiger partial charge in [-0.25, -0.2) is 4.79 Å². The summed E-state index contributed by atoms with van der Waals surface area (Å²) < 4.78 is 7.12. The van der Waals surface area contributed by atoms with E-state index in [0.717, 1.165) is 5.56 Å². The van der Waals surface area contributed by atoms with Crippen LogP contribution in [0, 0.1) is 0 Å². The van der Waals surface area contributed by atoms with Crippen molar-refractivity contribution >= 4 is 61.4 Å². The van der Waals surface area contributed by atoms with Gasteiger partial charge in [0.15, 0.2) is 0 Å². The van der Waals surface area contributed by atoms with E-state index in [1.165, 1.54) is 6.08 Å². The van der Waals surface area contributed by atoms with Crippen LogP contribution < -0.4 is 10.1 Å². The van der Waals surface area contributed by atoms with Crippen LogP contribution in [0.1, 0.15) is 21.5 Å². The molecule has 0 bridgehead atoms. The molecule has 0 unspecified atom stereocenters. The second-order valence-corrected chi connectivity index (χ2v) is 8.56. The van der Waals surface area contributed by atoms with Crippen LogP contribution in [-0.4, -0.2) is 17.0 Å². The van der Waals surface area contributed by atoms with Crippen molar-refractivity contribution in [2.45, 2.75) is 6.61 Å². The minimum atomic E-state index is -1.25. The van der Waals surface area contributed by atoms with Gasteiger partial charge in [0.25, 0.3) is 5.91 Å². The molecule has 0 aliphatic heterocycles. The van der Waals surface area contributed by atoms with Crippen molar-refractivity contribution < 1.29 is 19.4 Å². The van der Waals surface area contributed by atoms with Crippen LogP contribution in [0.3, 0.4) is 0 Å². The first kappa shape index (κ1) is 23.1. The van der Waals surface area contributed by atoms with Crippen LogP contribution in [0.2, 0.25) is 5.02 Å². The van der Waals surface area contributed by atoms with Gasteiger partial charge in [-0.3, -0.25) is 4.79 Å². The molecule has 0 radical (unpaired) electrons. The first-order valence-corrected chi connectivity index (χ1v) is 11.0. The lowest BCUT2D eigenvalue weighted by Crippen LogP contribution is -2.27. The van der Waals surface area contributed by atoms with Gasteiger partial charge in [0, 0.05) is 10.6 Å². The van der Waals surface area contributed by atoms with Gasteiger partial charge in [0.2, 0.25) is 0 Å². The molecule has 3 aromatic carbocycles. The van der Waals surface area contributed by atoms with E-state index in [4.69, 9.17) is 16.3 Å². The lowest BCUT2D eigenvalue weighted by molar-refractivity contribution is -0.132. The number of carboxylic acids is 1. The fourth-order valence-electron chi connectivity index (χ4n) is 2.68. The summed E-state index contributed by atoms with van der Waals surface area (Å²) in [6.07, 6.45) is 1.37. The van der Waals surface area contributed by atoms with Crippen LogP contribution in [0.15, 0.2) is 81.4 Å². The number of amides is 1. The molecule has 0 aliphatic rings. The maximum Gasteiger partial charge on any atom is 0.352 e. The number of carbonyl (C=O) groups is 2. The largest absolute Gasteiger partial charge is 0.487 e. The molecule has 0 saturated heterocycles. The third-order valence-electron chi connectivity index (χ3n) is 4.12. The van der Waals surface area contributed by atoms with Gasteiger partial charge in [-0.1, -0.05) is 41.9 Å². The Kier molecular flexibility index (Phi) is 7.90. The molecule has 0 aliphatic carbocycles. The molecule has 3 aromatic rings. The highest BCUT2D eigenvalue weighted by Gasteiger charge is 2.15. The number of aliphatic carboxylic acids is 1. The second kappa shape index (κ2) is 10.6. The number of hydrogen-bond acceptors (Lipinski definition) is 3. The molecule has 0 saturated carbocycles. The average Bonchev–Trinajstić information content (AvgIpc) is 2.73. The number of nitrogens with one attached hydrogen (secondary N) is 1. The number of carboxylic acid groups (broad SMARTS) is 1. The molecule has 0 spiro atoms. The molecular weight excluding hydrogens is 550 g/mol. The van der Waals surface area contributed by atoms with Crippen LogP contribution in [-0.2, 0) is 11.4 Å². The predicted molar refractivity (Wildman–Crippen MR) is 127 cm³/mol. The van der Waals surface area contributed by atoms with Crippen LogP contribution in [0.4, 0.5) is 0 Å². The number of hydrogen-bond donors (Lipinski definition) is 2. The fraction of sp³-hybridized carbons (Fsp3) is 0.0435. The molecule has 0 fully saturated rings. The number of halogens is 3. The van der Waals surface area contributed by atoms with Gasteiger partial charge in [-0.15, -0.1) is 0 Å². The van der Waals surface area contributed by atoms with Crippen molar-refractivity contribution in [3.05, 3.63) is 103 Å². The Bertz CT molecular complexity index is 1130. The van der Waals surface area contributed by atoms with Crippen molar-refractivity contribution in [2.24, 2.45) is 0 Å². The molecule has 5 nitrogen and oxygen atoms in total. The van der Waals surface area contributed by atoms with E-state index in [1.54, 1.807) is 48.5 Å². The molecule has 2 N–H and O–H groups in total. The maximum absolute atomic E-state index is 12.3. The predicted octanol–water partition coefficient (Wildman–Crippen LogP) is 6.30. The minimum absolute atomic E-state index is 0.250. The maximum atomic E-state index is 12.3. The summed E-state index contributed by atoms with van der Waals surface area (Å²) in [6.45, 7) is 0.306. The molecule has 0 atom stereocenters. The third kappa shape index (κ3) is 6.43. The summed E-state index contributed by atoms with van der Waals surface area (Å²) in [5, 5.41) is 12.6. The summed E-state index contributed by atoms with van der Waals surface area (Å²) in [5.74, 6) is -1.20. The zero-order valence-electron chi connectivity index (χ0n) is 15.9. The number of rotatable bonds is 7. The smallest absolute Gasteiger partial charge is 0.352 e. The van der Waals surface area contributed by atoms with Crippen molar-refractivity contribution in [1.82, 2.24) is 5.32 Å². The van der Waals surface area contributed by atoms with Gasteiger partial charge in [0.1, 0.15) is 18.1 Å². The highest BCUT2D eigenvalue weighted by Crippen LogP contribution is 2.36. The summed E-state index contributed by atoms with van der Waals surface area (Å²) in [4.78, 5) is 24.0. The zero-order valence-corrected chi connectivity index (χ0v) is 19.9. The van der Waals surface area contributed by atoms with E-state index >= 15 is 0 Å². The normalized spacial score (nSPS) is 11.1. The van der Waals surface area contributed by atoms with E-state index in [-0.39, 0.29) is 5.70 Å². The summed E-state index contributed by atoms with van der Waals surface area (Å²) >= 11 is 12.9. The van der Waals surface area contributed by atoms with E-state index in [2.05, 4.69) is 37.2 Å². The van der Waals surface area contributed by atoms with Crippen molar-refractivity contribution in [2.75, 3.05) is 0 Å². The second-order valence-electron chi connectivity index (χ2n) is 6.42. The van der Waals surface area contributed by atoms with Crippen molar-refractivity contribution in [3.63, 3.8) is 0 Å². The molecule has 3 rings (SSSR count). The molecule has 0 aromatic heterocycles. The van der Waals surface area contributed by atoms with E-state index in [0.29, 0.717) is 37.5 Å². The molecule has 8 heteroatoms. The summed E-state index contributed by atoms with van der Waals surface area (Å²) in [5.41, 5.74) is 1.58. The Balaban J connectivity index is 1.80. The van der Waals surface area contributed by atoms with Crippen molar-refractivity contribution in [3.8, 4) is 5.75 Å².